The average Bonchev–Trinajstić information content (AvgIpc) is 3.15. The van der Waals surface area contributed by atoms with Crippen LogP contribution in [0.3, 0.4) is 0 Å². The molecule has 11 nitrogen and oxygen atoms in total. The predicted molar refractivity (Wildman–Crippen MR) is 202 cm³/mol. The molecule has 2 amide bonds. The molecule has 1 saturated heterocycles. The van der Waals surface area contributed by atoms with Gasteiger partial charge < -0.3 is 19.7 Å². The number of sulfonamides is 1. The molecule has 4 bridgehead atoms. The van der Waals surface area contributed by atoms with E-state index in [0.717, 1.165) is 27.8 Å². The Morgan fingerprint density at radius 1 is 0.868 bits per heavy atom. The van der Waals surface area contributed by atoms with Crippen molar-refractivity contribution in [3.63, 3.8) is 0 Å². The number of aromatic nitrogens is 2. The summed E-state index contributed by atoms with van der Waals surface area (Å²) in [7, 11) is -4.15. The van der Waals surface area contributed by atoms with E-state index in [4.69, 9.17) is 9.47 Å². The topological polar surface area (TPSA) is 140 Å². The maximum atomic E-state index is 13.8. The molecule has 12 heteroatoms. The second-order valence-corrected chi connectivity index (χ2v) is 15.5. The summed E-state index contributed by atoms with van der Waals surface area (Å²) in [6, 6.07) is 28.9. The highest BCUT2D eigenvalue weighted by Crippen LogP contribution is 2.35. The highest BCUT2D eigenvalue weighted by Gasteiger charge is 2.38. The second-order valence-electron chi connectivity index (χ2n) is 13.8. The van der Waals surface area contributed by atoms with Crippen molar-refractivity contribution in [2.75, 3.05) is 31.0 Å². The first kappa shape index (κ1) is 35.6. The van der Waals surface area contributed by atoms with Crippen LogP contribution in [0, 0.1) is 26.2 Å². The van der Waals surface area contributed by atoms with Crippen LogP contribution in [0.4, 0.5) is 5.95 Å². The Labute approximate surface area is 309 Å². The Morgan fingerprint density at radius 3 is 2.34 bits per heavy atom. The summed E-state index contributed by atoms with van der Waals surface area (Å²) in [4.78, 5) is 38.0. The van der Waals surface area contributed by atoms with Crippen LogP contribution in [0.1, 0.15) is 55.8 Å². The van der Waals surface area contributed by atoms with E-state index < -0.39 is 21.3 Å². The predicted octanol–water partition coefficient (Wildman–Crippen LogP) is 6.49. The number of fused-ring (bicyclic) bond motifs is 4. The normalized spacial score (nSPS) is 16.4. The van der Waals surface area contributed by atoms with E-state index in [2.05, 4.69) is 20.0 Å². The highest BCUT2D eigenvalue weighted by atomic mass is 32.2. The van der Waals surface area contributed by atoms with Gasteiger partial charge in [-0.1, -0.05) is 54.6 Å². The number of hydrogen-bond donors (Lipinski definition) is 2. The highest BCUT2D eigenvalue weighted by molar-refractivity contribution is 7.92. The van der Waals surface area contributed by atoms with E-state index in [1.54, 1.807) is 12.1 Å². The third-order valence-electron chi connectivity index (χ3n) is 10.0. The Hall–Kier alpha value is -5.75. The van der Waals surface area contributed by atoms with Gasteiger partial charge in [-0.05, 0) is 92.3 Å². The first-order valence-electron chi connectivity index (χ1n) is 17.5. The number of rotatable bonds is 5. The molecule has 0 atom stereocenters. The van der Waals surface area contributed by atoms with Gasteiger partial charge in [-0.15, -0.1) is 0 Å². The third-order valence-corrected chi connectivity index (χ3v) is 11.3. The Bertz CT molecular complexity index is 2270. The Balaban J connectivity index is 1.14. The van der Waals surface area contributed by atoms with Crippen molar-refractivity contribution in [2.24, 2.45) is 5.41 Å². The van der Waals surface area contributed by atoms with Gasteiger partial charge in [0.15, 0.2) is 0 Å². The van der Waals surface area contributed by atoms with Crippen molar-refractivity contribution in [3.8, 4) is 22.9 Å². The monoisotopic (exact) mass is 731 g/mol. The van der Waals surface area contributed by atoms with E-state index in [1.807, 2.05) is 92.4 Å². The van der Waals surface area contributed by atoms with Gasteiger partial charge in [0.05, 0.1) is 17.2 Å². The number of likely N-dealkylation sites (tertiary alicyclic amines) is 1. The first-order valence-corrected chi connectivity index (χ1v) is 19.0. The van der Waals surface area contributed by atoms with Gasteiger partial charge in [-0.25, -0.2) is 18.1 Å². The zero-order valence-corrected chi connectivity index (χ0v) is 30.7. The summed E-state index contributed by atoms with van der Waals surface area (Å²) >= 11 is 0. The molecule has 272 valence electrons. The zero-order valence-electron chi connectivity index (χ0n) is 29.9. The molecule has 1 fully saturated rings. The first-order chi connectivity index (χ1) is 25.5. The lowest BCUT2D eigenvalue weighted by molar-refractivity contribution is 0.0394. The minimum absolute atomic E-state index is 0.0689. The molecule has 0 radical (unpaired) electrons. The third kappa shape index (κ3) is 7.87. The fourth-order valence-corrected chi connectivity index (χ4v) is 7.89. The van der Waals surface area contributed by atoms with Crippen molar-refractivity contribution >= 4 is 27.8 Å². The lowest BCUT2D eigenvalue weighted by atomic mass is 9.78. The van der Waals surface area contributed by atoms with Gasteiger partial charge >= 0.3 is 0 Å². The van der Waals surface area contributed by atoms with Crippen LogP contribution >= 0.6 is 0 Å². The van der Waals surface area contributed by atoms with E-state index in [9.17, 15) is 18.0 Å². The molecular weight excluding hydrogens is 691 g/mol. The van der Waals surface area contributed by atoms with Gasteiger partial charge in [0.1, 0.15) is 12.4 Å². The van der Waals surface area contributed by atoms with Gasteiger partial charge in [-0.3, -0.25) is 9.59 Å². The molecule has 1 aromatic heterocycles. The number of amides is 2. The number of nitrogens with one attached hydrogen (secondary N) is 2. The van der Waals surface area contributed by atoms with Crippen LogP contribution in [-0.4, -0.2) is 61.3 Å². The summed E-state index contributed by atoms with van der Waals surface area (Å²) in [5.41, 5.74) is 5.43. The number of nitrogens with zero attached hydrogens (tertiary/aromatic N) is 3. The summed E-state index contributed by atoms with van der Waals surface area (Å²) < 4.78 is 41.8. The molecule has 0 aliphatic carbocycles. The number of carbonyl (C=O) groups is 2. The van der Waals surface area contributed by atoms with Gasteiger partial charge in [0.2, 0.25) is 11.8 Å². The lowest BCUT2D eigenvalue weighted by Crippen LogP contribution is -2.50. The molecule has 2 aliphatic heterocycles. The van der Waals surface area contributed by atoms with Crippen LogP contribution in [0.25, 0.3) is 11.3 Å². The molecule has 3 heterocycles. The van der Waals surface area contributed by atoms with Crippen LogP contribution in [0.15, 0.2) is 102 Å². The van der Waals surface area contributed by atoms with Crippen molar-refractivity contribution in [1.29, 1.82) is 0 Å². The molecule has 0 saturated carbocycles. The Morgan fingerprint density at radius 2 is 1.60 bits per heavy atom. The molecule has 0 unspecified atom stereocenters. The summed E-state index contributed by atoms with van der Waals surface area (Å²) in [6.07, 6.45) is 1.09. The van der Waals surface area contributed by atoms with E-state index in [0.29, 0.717) is 49.5 Å². The second kappa shape index (κ2) is 14.7. The quantitative estimate of drug-likeness (QED) is 0.209. The van der Waals surface area contributed by atoms with Crippen molar-refractivity contribution in [1.82, 2.24) is 20.2 Å². The van der Waals surface area contributed by atoms with Crippen molar-refractivity contribution in [3.05, 3.63) is 130 Å². The van der Waals surface area contributed by atoms with Gasteiger partial charge in [-0.2, -0.15) is 4.98 Å². The minimum Gasteiger partial charge on any atom is -0.489 e. The SMILES string of the molecule is Cc1cc(OCc2ccccc2)ccc1C(=O)N1CCC2(CC1)CNC(=O)c1cccc(c1)S(=O)(=O)Nc1nc(cc(-c3c(C)cccc3C)n1)OC2. The summed E-state index contributed by atoms with van der Waals surface area (Å²) in [5, 5.41) is 3.02. The van der Waals surface area contributed by atoms with Crippen molar-refractivity contribution < 1.29 is 27.5 Å². The summed E-state index contributed by atoms with van der Waals surface area (Å²) in [5.74, 6) is 0.263. The molecule has 4 aromatic carbocycles. The van der Waals surface area contributed by atoms with E-state index >= 15 is 0 Å². The average molecular weight is 732 g/mol. The van der Waals surface area contributed by atoms with Crippen molar-refractivity contribution in [2.45, 2.75) is 45.1 Å². The molecule has 2 N–H and O–H groups in total. The van der Waals surface area contributed by atoms with E-state index in [-0.39, 0.29) is 41.3 Å². The van der Waals surface area contributed by atoms with Crippen LogP contribution in [0.2, 0.25) is 0 Å². The standard InChI is InChI=1S/C41H41N5O6S/c1-27-9-7-10-28(2)37(27)35-23-36-44-40(43-35)45-53(49,50)33-14-8-13-31(22-33)38(47)42-25-41(26-52-36)17-19-46(20-18-41)39(48)34-16-15-32(21-29(34)3)51-24-30-11-5-4-6-12-30/h4-16,21-23H,17-20,24-26H2,1-3H3,(H,42,47)(H,43,44,45). The van der Waals surface area contributed by atoms with Gasteiger partial charge in [0.25, 0.3) is 21.8 Å². The number of benzene rings is 4. The molecule has 2 aliphatic rings. The number of ether oxygens (including phenoxy) is 2. The zero-order chi connectivity index (χ0) is 37.2. The van der Waals surface area contributed by atoms with Crippen LogP contribution in [0.5, 0.6) is 11.6 Å². The van der Waals surface area contributed by atoms with E-state index in [1.165, 1.54) is 18.2 Å². The van der Waals surface area contributed by atoms with Crippen LogP contribution < -0.4 is 19.5 Å². The number of carbonyl (C=O) groups excluding carboxylic acids is 2. The number of hydrogen-bond acceptors (Lipinski definition) is 8. The fourth-order valence-electron chi connectivity index (χ4n) is 6.91. The smallest absolute Gasteiger partial charge is 0.264 e. The maximum absolute atomic E-state index is 13.8. The number of anilines is 1. The van der Waals surface area contributed by atoms with Crippen LogP contribution in [-0.2, 0) is 16.6 Å². The molecule has 53 heavy (non-hydrogen) atoms. The fraction of sp³-hybridized carbons (Fsp3) is 0.268. The van der Waals surface area contributed by atoms with Gasteiger partial charge in [0, 0.05) is 47.8 Å². The molecule has 7 rings (SSSR count). The summed E-state index contributed by atoms with van der Waals surface area (Å²) in [6.45, 7) is 7.58. The number of aryl methyl sites for hydroxylation is 3. The molecule has 1 spiro atoms. The lowest BCUT2D eigenvalue weighted by Gasteiger charge is -2.41. The number of piperidine rings is 1. The maximum Gasteiger partial charge on any atom is 0.264 e. The molecule has 5 aromatic rings. The minimum atomic E-state index is -4.15. The Kier molecular flexibility index (Phi) is 9.89. The molecular formula is C41H41N5O6S. The largest absolute Gasteiger partial charge is 0.489 e.